The number of alkyl halides is 5. The molecule has 0 amide bonds. The van der Waals surface area contributed by atoms with Crippen LogP contribution in [0.3, 0.4) is 0 Å². The number of carbonyl (C=O) groups is 1. The molecule has 2 atom stereocenters. The number of hydrogen-bond acceptors (Lipinski definition) is 1. The highest BCUT2D eigenvalue weighted by Gasteiger charge is 2.59. The molecule has 1 aliphatic rings. The van der Waals surface area contributed by atoms with Crippen molar-refractivity contribution in [3.63, 3.8) is 0 Å². The van der Waals surface area contributed by atoms with E-state index in [4.69, 9.17) is 28.3 Å². The van der Waals surface area contributed by atoms with Gasteiger partial charge in [0.1, 0.15) is 0 Å². The Bertz CT molecular complexity index is 348. The number of carboxylic acids is 1. The van der Waals surface area contributed by atoms with Gasteiger partial charge in [-0.25, -0.2) is 4.79 Å². The third kappa shape index (κ3) is 1.99. The van der Waals surface area contributed by atoms with E-state index >= 15 is 0 Å². The summed E-state index contributed by atoms with van der Waals surface area (Å²) >= 11 is 10.7. The average molecular weight is 261 g/mol. The van der Waals surface area contributed by atoms with Gasteiger partial charge in [0.05, 0.1) is 11.0 Å². The number of aliphatic carboxylic acids is 1. The van der Waals surface area contributed by atoms with Crippen LogP contribution in [0.2, 0.25) is 0 Å². The molecule has 0 radical (unpaired) electrons. The van der Waals surface area contributed by atoms with Gasteiger partial charge in [0.25, 0.3) is 0 Å². The summed E-state index contributed by atoms with van der Waals surface area (Å²) in [6.45, 7) is 0. The predicted molar refractivity (Wildman–Crippen MR) is 49.1 cm³/mol. The van der Waals surface area contributed by atoms with Gasteiger partial charge in [-0.15, -0.1) is 23.2 Å². The highest BCUT2D eigenvalue weighted by molar-refractivity contribution is 6.36. The summed E-state index contributed by atoms with van der Waals surface area (Å²) in [5, 5.41) is 6.75. The maximum absolute atomic E-state index is 12.5. The van der Waals surface area contributed by atoms with E-state index < -0.39 is 28.0 Å². The van der Waals surface area contributed by atoms with Gasteiger partial charge in [-0.05, 0) is 0 Å². The molecule has 0 aromatic rings. The van der Waals surface area contributed by atoms with Crippen LogP contribution >= 0.6 is 23.2 Å². The molecule has 2 nitrogen and oxygen atoms in total. The largest absolute Gasteiger partial charge is 0.478 e. The fraction of sp³-hybridized carbons (Fsp3) is 0.375. The van der Waals surface area contributed by atoms with Crippen LogP contribution in [0.5, 0.6) is 0 Å². The van der Waals surface area contributed by atoms with Crippen molar-refractivity contribution in [2.45, 2.75) is 16.4 Å². The fourth-order valence-corrected chi connectivity index (χ4v) is 1.66. The van der Waals surface area contributed by atoms with Crippen molar-refractivity contribution in [1.29, 1.82) is 0 Å². The molecule has 0 aromatic heterocycles. The van der Waals surface area contributed by atoms with Gasteiger partial charge >= 0.3 is 12.1 Å². The quantitative estimate of drug-likeness (QED) is 0.737. The highest BCUT2D eigenvalue weighted by Crippen LogP contribution is 2.46. The van der Waals surface area contributed by atoms with Crippen LogP contribution < -0.4 is 0 Å². The van der Waals surface area contributed by atoms with Crippen molar-refractivity contribution in [1.82, 2.24) is 0 Å². The molecule has 1 N–H and O–H groups in total. The smallest absolute Gasteiger partial charge is 0.412 e. The highest BCUT2D eigenvalue weighted by atomic mass is 35.5. The first kappa shape index (κ1) is 12.4. The summed E-state index contributed by atoms with van der Waals surface area (Å²) in [5.74, 6) is -1.52. The summed E-state index contributed by atoms with van der Waals surface area (Å²) in [5.41, 5.74) is -0.577. The maximum atomic E-state index is 12.5. The van der Waals surface area contributed by atoms with Crippen LogP contribution in [0.4, 0.5) is 13.2 Å². The van der Waals surface area contributed by atoms with E-state index in [1.165, 1.54) is 0 Å². The Hall–Kier alpha value is -0.680. The molecule has 0 spiro atoms. The molecule has 0 saturated heterocycles. The second-order valence-electron chi connectivity index (χ2n) is 2.91. The zero-order chi connectivity index (χ0) is 11.9. The van der Waals surface area contributed by atoms with Crippen LogP contribution in [0.25, 0.3) is 0 Å². The fourth-order valence-electron chi connectivity index (χ4n) is 1.10. The van der Waals surface area contributed by atoms with Crippen LogP contribution in [0.15, 0.2) is 23.8 Å². The van der Waals surface area contributed by atoms with Gasteiger partial charge in [-0.2, -0.15) is 13.2 Å². The normalized spacial score (nSPS) is 31.3. The molecule has 7 heteroatoms. The van der Waals surface area contributed by atoms with Gasteiger partial charge in [0, 0.05) is 0 Å². The number of rotatable bonds is 1. The lowest BCUT2D eigenvalue weighted by molar-refractivity contribution is -0.150. The third-order valence-corrected chi connectivity index (χ3v) is 3.19. The molecule has 0 fully saturated rings. The Morgan fingerprint density at radius 3 is 2.47 bits per heavy atom. The minimum Gasteiger partial charge on any atom is -0.478 e. The second kappa shape index (κ2) is 3.72. The molecule has 1 rings (SSSR count). The lowest BCUT2D eigenvalue weighted by Gasteiger charge is -2.32. The molecule has 1 aliphatic carbocycles. The first-order chi connectivity index (χ1) is 6.70. The molecule has 0 saturated carbocycles. The van der Waals surface area contributed by atoms with E-state index in [-0.39, 0.29) is 0 Å². The van der Waals surface area contributed by atoms with Crippen molar-refractivity contribution in [2.75, 3.05) is 0 Å². The summed E-state index contributed by atoms with van der Waals surface area (Å²) in [6, 6.07) is 0. The molecule has 0 bridgehead atoms. The zero-order valence-electron chi connectivity index (χ0n) is 7.05. The second-order valence-corrected chi connectivity index (χ2v) is 3.98. The van der Waals surface area contributed by atoms with Gasteiger partial charge in [0.15, 0.2) is 4.87 Å². The van der Waals surface area contributed by atoms with Gasteiger partial charge < -0.3 is 5.11 Å². The van der Waals surface area contributed by atoms with Crippen molar-refractivity contribution in [3.05, 3.63) is 23.8 Å². The van der Waals surface area contributed by atoms with Crippen LogP contribution in [0.1, 0.15) is 0 Å². The molecule has 0 aliphatic heterocycles. The Labute approximate surface area is 93.0 Å². The molecular formula is C8H5Cl2F3O2. The zero-order valence-corrected chi connectivity index (χ0v) is 8.57. The summed E-state index contributed by atoms with van der Waals surface area (Å²) in [7, 11) is 0. The van der Waals surface area contributed by atoms with Crippen LogP contribution in [-0.2, 0) is 4.79 Å². The van der Waals surface area contributed by atoms with Crippen molar-refractivity contribution in [2.24, 2.45) is 0 Å². The van der Waals surface area contributed by atoms with Gasteiger partial charge in [-0.3, -0.25) is 0 Å². The van der Waals surface area contributed by atoms with E-state index in [1.54, 1.807) is 0 Å². The molecule has 84 valence electrons. The first-order valence-electron chi connectivity index (χ1n) is 3.72. The third-order valence-electron chi connectivity index (χ3n) is 1.94. The Morgan fingerprint density at radius 2 is 2.07 bits per heavy atom. The Balaban J connectivity index is 3.15. The molecular weight excluding hydrogens is 256 g/mol. The van der Waals surface area contributed by atoms with E-state index in [1.807, 2.05) is 0 Å². The Kier molecular flexibility index (Phi) is 3.07. The summed E-state index contributed by atoms with van der Waals surface area (Å²) in [4.78, 5) is 7.70. The SMILES string of the molecule is O=C(O)C1=CC=CC(Cl)(C(F)(F)F)C1Cl. The van der Waals surface area contributed by atoms with Crippen LogP contribution in [0, 0.1) is 0 Å². The lowest BCUT2D eigenvalue weighted by Crippen LogP contribution is -2.48. The van der Waals surface area contributed by atoms with Crippen molar-refractivity contribution in [3.8, 4) is 0 Å². The van der Waals surface area contributed by atoms with E-state index in [9.17, 15) is 18.0 Å². The molecule has 0 aromatic carbocycles. The van der Waals surface area contributed by atoms with Crippen LogP contribution in [-0.4, -0.2) is 27.5 Å². The molecule has 2 unspecified atom stereocenters. The molecule has 15 heavy (non-hydrogen) atoms. The number of allylic oxidation sites excluding steroid dienone is 3. The maximum Gasteiger partial charge on any atom is 0.412 e. The first-order valence-corrected chi connectivity index (χ1v) is 4.54. The number of hydrogen-bond donors (Lipinski definition) is 1. The van der Waals surface area contributed by atoms with Gasteiger partial charge in [-0.1, -0.05) is 18.2 Å². The average Bonchev–Trinajstić information content (AvgIpc) is 2.07. The number of halogens is 5. The van der Waals surface area contributed by atoms with Crippen molar-refractivity contribution < 1.29 is 23.1 Å². The van der Waals surface area contributed by atoms with E-state index in [2.05, 4.69) is 0 Å². The Morgan fingerprint density at radius 1 is 1.53 bits per heavy atom. The van der Waals surface area contributed by atoms with Gasteiger partial charge in [0.2, 0.25) is 0 Å². The van der Waals surface area contributed by atoms with E-state index in [0.717, 1.165) is 12.2 Å². The summed E-state index contributed by atoms with van der Waals surface area (Å²) in [6.07, 6.45) is -2.25. The topological polar surface area (TPSA) is 37.3 Å². The standard InChI is InChI=1S/C8H5Cl2F3O2/c9-5-4(6(14)15)2-1-3-7(5,10)8(11,12)13/h1-3,5H,(H,14,15). The minimum absolute atomic E-state index is 0.577. The lowest BCUT2D eigenvalue weighted by atomic mass is 9.92. The van der Waals surface area contributed by atoms with Crippen molar-refractivity contribution >= 4 is 29.2 Å². The minimum atomic E-state index is -4.81. The van der Waals surface area contributed by atoms with E-state index in [0.29, 0.717) is 6.08 Å². The molecule has 0 heterocycles. The summed E-state index contributed by atoms with van der Waals surface area (Å²) < 4.78 is 37.6. The monoisotopic (exact) mass is 260 g/mol. The number of carboxylic acid groups (broad SMARTS) is 1. The predicted octanol–water partition coefficient (Wildman–Crippen LogP) is 2.71.